The highest BCUT2D eigenvalue weighted by atomic mass is 16.4. The number of furan rings is 1. The number of rotatable bonds is 3. The molecule has 0 spiro atoms. The van der Waals surface area contributed by atoms with Crippen molar-refractivity contribution in [2.24, 2.45) is 0 Å². The molecule has 3 heteroatoms. The molecule has 1 saturated heterocycles. The first kappa shape index (κ1) is 11.7. The summed E-state index contributed by atoms with van der Waals surface area (Å²) in [5.74, 6) is 0.663. The molecular weight excluding hydrogens is 202 g/mol. The molecule has 0 bridgehead atoms. The molecule has 1 aromatic heterocycles. The zero-order valence-electron chi connectivity index (χ0n) is 10.1. The maximum absolute atomic E-state index is 10.4. The molecule has 0 radical (unpaired) electrons. The molecule has 1 N–H and O–H groups in total. The lowest BCUT2D eigenvalue weighted by Crippen LogP contribution is -2.50. The molecule has 2 rings (SSSR count). The van der Waals surface area contributed by atoms with Crippen LogP contribution in [0.15, 0.2) is 22.8 Å². The van der Waals surface area contributed by atoms with Crippen molar-refractivity contribution >= 4 is 0 Å². The normalized spacial score (nSPS) is 20.9. The molecule has 16 heavy (non-hydrogen) atoms. The third-order valence-electron chi connectivity index (χ3n) is 3.65. The minimum absolute atomic E-state index is 0.252. The summed E-state index contributed by atoms with van der Waals surface area (Å²) in [7, 11) is 0. The lowest BCUT2D eigenvalue weighted by atomic mass is 9.91. The van der Waals surface area contributed by atoms with Crippen molar-refractivity contribution in [2.75, 3.05) is 13.1 Å². The van der Waals surface area contributed by atoms with Gasteiger partial charge in [-0.05, 0) is 51.9 Å². The van der Waals surface area contributed by atoms with Crippen LogP contribution in [0.5, 0.6) is 0 Å². The van der Waals surface area contributed by atoms with E-state index >= 15 is 0 Å². The van der Waals surface area contributed by atoms with Gasteiger partial charge in [0.25, 0.3) is 0 Å². The van der Waals surface area contributed by atoms with E-state index in [9.17, 15) is 5.11 Å². The minimum atomic E-state index is -0.555. The summed E-state index contributed by atoms with van der Waals surface area (Å²) in [6.45, 7) is 6.33. The van der Waals surface area contributed by atoms with Crippen LogP contribution in [0.25, 0.3) is 0 Å². The number of nitrogens with zero attached hydrogens (tertiary/aromatic N) is 1. The van der Waals surface area contributed by atoms with Gasteiger partial charge < -0.3 is 9.52 Å². The van der Waals surface area contributed by atoms with Gasteiger partial charge in [0.05, 0.1) is 6.26 Å². The van der Waals surface area contributed by atoms with Crippen molar-refractivity contribution in [1.82, 2.24) is 4.90 Å². The number of aliphatic hydroxyl groups excluding tert-OH is 1. The van der Waals surface area contributed by atoms with Crippen LogP contribution in [0.4, 0.5) is 0 Å². The van der Waals surface area contributed by atoms with Crippen molar-refractivity contribution in [1.29, 1.82) is 0 Å². The highest BCUT2D eigenvalue weighted by molar-refractivity contribution is 5.08. The molecule has 1 aliphatic rings. The zero-order valence-corrected chi connectivity index (χ0v) is 10.1. The Bertz CT molecular complexity index is 313. The van der Waals surface area contributed by atoms with E-state index in [4.69, 9.17) is 4.42 Å². The van der Waals surface area contributed by atoms with Gasteiger partial charge in [-0.3, -0.25) is 4.90 Å². The van der Waals surface area contributed by atoms with E-state index in [1.54, 1.807) is 6.26 Å². The summed E-state index contributed by atoms with van der Waals surface area (Å²) in [4.78, 5) is 2.36. The van der Waals surface area contributed by atoms with Gasteiger partial charge >= 0.3 is 0 Å². The fraction of sp³-hybridized carbons (Fsp3) is 0.692. The SMILES string of the molecule is CC(C)(C(O)c1ccco1)N1CCCCC1. The molecule has 0 aliphatic carbocycles. The first-order valence-electron chi connectivity index (χ1n) is 6.09. The van der Waals surface area contributed by atoms with Gasteiger partial charge in [-0.1, -0.05) is 6.42 Å². The molecule has 0 aromatic carbocycles. The van der Waals surface area contributed by atoms with Gasteiger partial charge in [0.1, 0.15) is 11.9 Å². The Morgan fingerprint density at radius 2 is 2.00 bits per heavy atom. The summed E-state index contributed by atoms with van der Waals surface area (Å²) < 4.78 is 5.30. The highest BCUT2D eigenvalue weighted by Crippen LogP contribution is 2.33. The lowest BCUT2D eigenvalue weighted by molar-refractivity contribution is -0.0310. The Morgan fingerprint density at radius 3 is 2.56 bits per heavy atom. The van der Waals surface area contributed by atoms with Crippen LogP contribution >= 0.6 is 0 Å². The third-order valence-corrected chi connectivity index (χ3v) is 3.65. The highest BCUT2D eigenvalue weighted by Gasteiger charge is 2.37. The smallest absolute Gasteiger partial charge is 0.134 e. The van der Waals surface area contributed by atoms with E-state index < -0.39 is 6.10 Å². The Balaban J connectivity index is 2.10. The second-order valence-electron chi connectivity index (χ2n) is 5.12. The van der Waals surface area contributed by atoms with Crippen LogP contribution < -0.4 is 0 Å². The van der Waals surface area contributed by atoms with Crippen LogP contribution in [-0.2, 0) is 0 Å². The molecule has 90 valence electrons. The Morgan fingerprint density at radius 1 is 1.31 bits per heavy atom. The summed E-state index contributed by atoms with van der Waals surface area (Å²) in [5, 5.41) is 10.4. The molecule has 2 heterocycles. The van der Waals surface area contributed by atoms with E-state index in [0.717, 1.165) is 13.1 Å². The first-order chi connectivity index (χ1) is 7.62. The van der Waals surface area contributed by atoms with E-state index in [-0.39, 0.29) is 5.54 Å². The second kappa shape index (κ2) is 4.60. The fourth-order valence-electron chi connectivity index (χ4n) is 2.44. The number of hydrogen-bond acceptors (Lipinski definition) is 3. The Labute approximate surface area is 97.1 Å². The van der Waals surface area contributed by atoms with Gasteiger partial charge in [0.2, 0.25) is 0 Å². The number of hydrogen-bond donors (Lipinski definition) is 1. The van der Waals surface area contributed by atoms with Crippen molar-refractivity contribution in [3.05, 3.63) is 24.2 Å². The van der Waals surface area contributed by atoms with Crippen molar-refractivity contribution < 1.29 is 9.52 Å². The summed E-state index contributed by atoms with van der Waals surface area (Å²) in [5.41, 5.74) is -0.252. The Hall–Kier alpha value is -0.800. The van der Waals surface area contributed by atoms with E-state index in [2.05, 4.69) is 18.7 Å². The molecule has 1 aromatic rings. The lowest BCUT2D eigenvalue weighted by Gasteiger charge is -2.43. The second-order valence-corrected chi connectivity index (χ2v) is 5.12. The van der Waals surface area contributed by atoms with Crippen molar-refractivity contribution in [3.8, 4) is 0 Å². The summed E-state index contributed by atoms with van der Waals surface area (Å²) >= 11 is 0. The molecule has 0 amide bonds. The van der Waals surface area contributed by atoms with Gasteiger partial charge in [-0.15, -0.1) is 0 Å². The zero-order chi connectivity index (χ0) is 11.6. The van der Waals surface area contributed by atoms with Gasteiger partial charge in [0, 0.05) is 5.54 Å². The first-order valence-corrected chi connectivity index (χ1v) is 6.09. The molecule has 1 aliphatic heterocycles. The van der Waals surface area contributed by atoms with Crippen LogP contribution in [0.3, 0.4) is 0 Å². The monoisotopic (exact) mass is 223 g/mol. The fourth-order valence-corrected chi connectivity index (χ4v) is 2.44. The molecule has 1 atom stereocenters. The predicted octanol–water partition coefficient (Wildman–Crippen LogP) is 2.58. The predicted molar refractivity (Wildman–Crippen MR) is 63.2 cm³/mol. The van der Waals surface area contributed by atoms with Crippen LogP contribution in [0, 0.1) is 0 Å². The summed E-state index contributed by atoms with van der Waals surface area (Å²) in [6, 6.07) is 3.67. The minimum Gasteiger partial charge on any atom is -0.467 e. The molecule has 0 saturated carbocycles. The van der Waals surface area contributed by atoms with Crippen LogP contribution in [-0.4, -0.2) is 28.6 Å². The van der Waals surface area contributed by atoms with Gasteiger partial charge in [-0.25, -0.2) is 0 Å². The van der Waals surface area contributed by atoms with Crippen LogP contribution in [0.2, 0.25) is 0 Å². The largest absolute Gasteiger partial charge is 0.467 e. The maximum atomic E-state index is 10.4. The molecule has 1 unspecified atom stereocenters. The Kier molecular flexibility index (Phi) is 3.36. The number of aliphatic hydroxyl groups is 1. The maximum Gasteiger partial charge on any atom is 0.134 e. The number of piperidine rings is 1. The molecule has 3 nitrogen and oxygen atoms in total. The van der Waals surface area contributed by atoms with Crippen molar-refractivity contribution in [3.63, 3.8) is 0 Å². The number of likely N-dealkylation sites (tertiary alicyclic amines) is 1. The summed E-state index contributed by atoms with van der Waals surface area (Å²) in [6.07, 6.45) is 4.83. The topological polar surface area (TPSA) is 36.6 Å². The third kappa shape index (κ3) is 2.15. The quantitative estimate of drug-likeness (QED) is 0.855. The van der Waals surface area contributed by atoms with Crippen molar-refractivity contribution in [2.45, 2.75) is 44.8 Å². The molecule has 1 fully saturated rings. The van der Waals surface area contributed by atoms with Gasteiger partial charge in [-0.2, -0.15) is 0 Å². The average Bonchev–Trinajstić information content (AvgIpc) is 2.82. The standard InChI is InChI=1S/C13H21NO2/c1-13(2,14-8-4-3-5-9-14)12(15)11-7-6-10-16-11/h6-7,10,12,15H,3-5,8-9H2,1-2H3. The van der Waals surface area contributed by atoms with E-state index in [1.165, 1.54) is 19.3 Å². The van der Waals surface area contributed by atoms with E-state index in [1.807, 2.05) is 12.1 Å². The van der Waals surface area contributed by atoms with Crippen LogP contribution in [0.1, 0.15) is 45.0 Å². The average molecular weight is 223 g/mol. The van der Waals surface area contributed by atoms with E-state index in [0.29, 0.717) is 5.76 Å². The van der Waals surface area contributed by atoms with Gasteiger partial charge in [0.15, 0.2) is 0 Å². The molecular formula is C13H21NO2.